The van der Waals surface area contributed by atoms with E-state index in [1.54, 1.807) is 18.2 Å². The van der Waals surface area contributed by atoms with Crippen LogP contribution in [-0.4, -0.2) is 49.2 Å². The molecule has 0 atom stereocenters. The molecular formula is C21H27N3O4S. The summed E-state index contributed by atoms with van der Waals surface area (Å²) in [5.74, 6) is 0.171. The summed E-state index contributed by atoms with van der Waals surface area (Å²) >= 11 is 0. The van der Waals surface area contributed by atoms with Crippen molar-refractivity contribution in [1.29, 1.82) is 0 Å². The van der Waals surface area contributed by atoms with Gasteiger partial charge in [-0.1, -0.05) is 36.4 Å². The van der Waals surface area contributed by atoms with Gasteiger partial charge in [0.25, 0.3) is 10.2 Å². The molecule has 2 aromatic rings. The van der Waals surface area contributed by atoms with Crippen LogP contribution in [0.25, 0.3) is 0 Å². The molecule has 1 saturated heterocycles. The Morgan fingerprint density at radius 2 is 1.76 bits per heavy atom. The fraction of sp³-hybridized carbons (Fsp3) is 0.381. The quantitative estimate of drug-likeness (QED) is 0.751. The van der Waals surface area contributed by atoms with Crippen molar-refractivity contribution in [1.82, 2.24) is 8.61 Å². The molecular weight excluding hydrogens is 390 g/mol. The molecule has 8 heteroatoms. The predicted molar refractivity (Wildman–Crippen MR) is 113 cm³/mol. The first-order valence-corrected chi connectivity index (χ1v) is 11.1. The third-order valence-corrected chi connectivity index (χ3v) is 6.79. The van der Waals surface area contributed by atoms with Gasteiger partial charge in [0.1, 0.15) is 5.75 Å². The van der Waals surface area contributed by atoms with Gasteiger partial charge < -0.3 is 10.1 Å². The summed E-state index contributed by atoms with van der Waals surface area (Å²) in [6, 6.07) is 14.8. The number of amides is 1. The minimum absolute atomic E-state index is 0.229. The normalized spacial score (nSPS) is 17.0. The summed E-state index contributed by atoms with van der Waals surface area (Å²) in [6.45, 7) is 5.15. The molecule has 0 aliphatic carbocycles. The number of ether oxygens (including phenoxy) is 1. The minimum atomic E-state index is -3.71. The zero-order valence-electron chi connectivity index (χ0n) is 16.8. The Morgan fingerprint density at radius 3 is 2.52 bits per heavy atom. The smallest absolute Gasteiger partial charge is 0.282 e. The van der Waals surface area contributed by atoms with Crippen molar-refractivity contribution in [2.45, 2.75) is 26.8 Å². The van der Waals surface area contributed by atoms with Gasteiger partial charge in [-0.25, -0.2) is 0 Å². The van der Waals surface area contributed by atoms with Crippen molar-refractivity contribution in [3.8, 4) is 5.75 Å². The van der Waals surface area contributed by atoms with Crippen LogP contribution in [0.15, 0.2) is 48.5 Å². The number of nitrogens with one attached hydrogen (secondary N) is 1. The van der Waals surface area contributed by atoms with Crippen LogP contribution in [0.4, 0.5) is 5.69 Å². The molecule has 0 spiro atoms. The maximum atomic E-state index is 13.0. The van der Waals surface area contributed by atoms with E-state index in [0.29, 0.717) is 44.1 Å². The van der Waals surface area contributed by atoms with Crippen LogP contribution < -0.4 is 10.1 Å². The van der Waals surface area contributed by atoms with Gasteiger partial charge in [-0.05, 0) is 43.5 Å². The average Bonchev–Trinajstić information content (AvgIpc) is 2.68. The second-order valence-electron chi connectivity index (χ2n) is 6.93. The highest BCUT2D eigenvalue weighted by Crippen LogP contribution is 2.24. The van der Waals surface area contributed by atoms with E-state index in [1.807, 2.05) is 44.2 Å². The van der Waals surface area contributed by atoms with Gasteiger partial charge in [-0.2, -0.15) is 17.0 Å². The topological polar surface area (TPSA) is 79.0 Å². The lowest BCUT2D eigenvalue weighted by atomic mass is 10.1. The third-order valence-electron chi connectivity index (χ3n) is 4.86. The molecule has 0 saturated carbocycles. The average molecular weight is 418 g/mol. The Bertz CT molecular complexity index is 962. The predicted octanol–water partition coefficient (Wildman–Crippen LogP) is 2.78. The molecule has 2 aromatic carbocycles. The number of para-hydroxylation sites is 2. The van der Waals surface area contributed by atoms with Crippen LogP contribution in [0.2, 0.25) is 0 Å². The lowest BCUT2D eigenvalue weighted by Gasteiger charge is -2.34. The number of hydrogen-bond acceptors (Lipinski definition) is 4. The minimum Gasteiger partial charge on any atom is -0.492 e. The first-order chi connectivity index (χ1) is 13.9. The molecule has 7 nitrogen and oxygen atoms in total. The second-order valence-corrected chi connectivity index (χ2v) is 8.86. The molecule has 3 rings (SSSR count). The lowest BCUT2D eigenvalue weighted by molar-refractivity contribution is -0.116. The fourth-order valence-electron chi connectivity index (χ4n) is 3.32. The maximum absolute atomic E-state index is 13.0. The van der Waals surface area contributed by atoms with E-state index in [9.17, 15) is 13.2 Å². The SMILES string of the molecule is CCOc1ccccc1NC(=O)CN1CCCN(Cc2ccccc2C)S1(=O)=O. The number of rotatable bonds is 7. The molecule has 0 aromatic heterocycles. The van der Waals surface area contributed by atoms with Gasteiger partial charge in [0.15, 0.2) is 0 Å². The summed E-state index contributed by atoms with van der Waals surface area (Å²) in [7, 11) is -3.71. The molecule has 1 heterocycles. The van der Waals surface area contributed by atoms with Crippen molar-refractivity contribution in [3.05, 3.63) is 59.7 Å². The van der Waals surface area contributed by atoms with E-state index in [0.717, 1.165) is 11.1 Å². The molecule has 1 aliphatic heterocycles. The van der Waals surface area contributed by atoms with E-state index in [1.165, 1.54) is 8.61 Å². The van der Waals surface area contributed by atoms with E-state index in [-0.39, 0.29) is 6.54 Å². The largest absolute Gasteiger partial charge is 0.492 e. The molecule has 0 bridgehead atoms. The zero-order chi connectivity index (χ0) is 20.9. The van der Waals surface area contributed by atoms with E-state index in [4.69, 9.17) is 4.74 Å². The molecule has 0 unspecified atom stereocenters. The van der Waals surface area contributed by atoms with Crippen LogP contribution in [0.1, 0.15) is 24.5 Å². The van der Waals surface area contributed by atoms with Crippen LogP contribution in [-0.2, 0) is 21.5 Å². The third kappa shape index (κ3) is 5.14. The second kappa shape index (κ2) is 9.39. The summed E-state index contributed by atoms with van der Waals surface area (Å²) in [6.07, 6.45) is 0.675. The summed E-state index contributed by atoms with van der Waals surface area (Å²) in [5, 5.41) is 2.77. The Labute approximate surface area is 172 Å². The van der Waals surface area contributed by atoms with E-state index >= 15 is 0 Å². The number of anilines is 1. The molecule has 0 radical (unpaired) electrons. The van der Waals surface area contributed by atoms with Crippen molar-refractivity contribution < 1.29 is 17.9 Å². The molecule has 29 heavy (non-hydrogen) atoms. The standard InChI is InChI=1S/C21H27N3O4S/c1-3-28-20-12-7-6-11-19(20)22-21(25)16-24-14-8-13-23(29(24,26)27)15-18-10-5-4-9-17(18)2/h4-7,9-12H,3,8,13-16H2,1-2H3,(H,22,25). The van der Waals surface area contributed by atoms with Crippen LogP contribution >= 0.6 is 0 Å². The molecule has 1 aliphatic rings. The molecule has 1 fully saturated rings. The van der Waals surface area contributed by atoms with E-state index < -0.39 is 16.1 Å². The Morgan fingerprint density at radius 1 is 1.07 bits per heavy atom. The first kappa shape index (κ1) is 21.3. The summed E-state index contributed by atoms with van der Waals surface area (Å²) in [5.41, 5.74) is 2.55. The molecule has 1 N–H and O–H groups in total. The van der Waals surface area contributed by atoms with Gasteiger partial charge in [0.05, 0.1) is 18.8 Å². The van der Waals surface area contributed by atoms with Crippen molar-refractivity contribution in [2.75, 3.05) is 31.6 Å². The monoisotopic (exact) mass is 417 g/mol. The van der Waals surface area contributed by atoms with Crippen molar-refractivity contribution in [2.24, 2.45) is 0 Å². The number of aryl methyl sites for hydroxylation is 1. The molecule has 156 valence electrons. The maximum Gasteiger partial charge on any atom is 0.282 e. The van der Waals surface area contributed by atoms with Crippen LogP contribution in [0.5, 0.6) is 5.75 Å². The Hall–Kier alpha value is -2.42. The number of benzene rings is 2. The Balaban J connectivity index is 1.69. The number of nitrogens with zero attached hydrogens (tertiary/aromatic N) is 2. The highest BCUT2D eigenvalue weighted by Gasteiger charge is 2.34. The van der Waals surface area contributed by atoms with Crippen LogP contribution in [0, 0.1) is 6.92 Å². The van der Waals surface area contributed by atoms with Crippen molar-refractivity contribution >= 4 is 21.8 Å². The van der Waals surface area contributed by atoms with Gasteiger partial charge in [-0.3, -0.25) is 4.79 Å². The lowest BCUT2D eigenvalue weighted by Crippen LogP contribution is -2.51. The first-order valence-electron chi connectivity index (χ1n) is 9.73. The number of hydrogen-bond donors (Lipinski definition) is 1. The van der Waals surface area contributed by atoms with Gasteiger partial charge in [0, 0.05) is 19.6 Å². The highest BCUT2D eigenvalue weighted by atomic mass is 32.2. The summed E-state index contributed by atoms with van der Waals surface area (Å²) < 4.78 is 34.3. The van der Waals surface area contributed by atoms with Crippen molar-refractivity contribution in [3.63, 3.8) is 0 Å². The fourth-order valence-corrected chi connectivity index (χ4v) is 4.95. The number of carbonyl (C=O) groups is 1. The Kier molecular flexibility index (Phi) is 6.89. The number of carbonyl (C=O) groups excluding carboxylic acids is 1. The van der Waals surface area contributed by atoms with Gasteiger partial charge >= 0.3 is 0 Å². The van der Waals surface area contributed by atoms with Crippen LogP contribution in [0.3, 0.4) is 0 Å². The van der Waals surface area contributed by atoms with E-state index in [2.05, 4.69) is 5.32 Å². The molecule has 1 amide bonds. The summed E-state index contributed by atoms with van der Waals surface area (Å²) in [4.78, 5) is 12.6. The van der Waals surface area contributed by atoms with Gasteiger partial charge in [0.2, 0.25) is 5.91 Å². The van der Waals surface area contributed by atoms with Gasteiger partial charge in [-0.15, -0.1) is 0 Å². The highest BCUT2D eigenvalue weighted by molar-refractivity contribution is 7.86. The zero-order valence-corrected chi connectivity index (χ0v) is 17.6.